The van der Waals surface area contributed by atoms with Crippen LogP contribution in [0, 0.1) is 0 Å². The SMILES string of the molecule is CC(C)n1cnc2c(Nc3cc(N)[nH]c(=O)c3)nc(N[C@H]3CCCCN3CCO)nc21. The molecule has 11 nitrogen and oxygen atoms in total. The first kappa shape index (κ1) is 21.1. The van der Waals surface area contributed by atoms with Crippen LogP contribution in [0.5, 0.6) is 0 Å². The van der Waals surface area contributed by atoms with Gasteiger partial charge in [0.15, 0.2) is 17.0 Å². The molecule has 166 valence electrons. The van der Waals surface area contributed by atoms with Crippen LogP contribution in [-0.4, -0.2) is 60.4 Å². The molecule has 0 aliphatic carbocycles. The number of rotatable bonds is 7. The number of nitrogens with zero attached hydrogens (tertiary/aromatic N) is 5. The van der Waals surface area contributed by atoms with Crippen LogP contribution < -0.4 is 21.9 Å². The van der Waals surface area contributed by atoms with Crippen molar-refractivity contribution < 1.29 is 5.11 Å². The number of hydrogen-bond acceptors (Lipinski definition) is 9. The van der Waals surface area contributed by atoms with Crippen LogP contribution in [-0.2, 0) is 0 Å². The summed E-state index contributed by atoms with van der Waals surface area (Å²) in [5, 5.41) is 16.0. The number of hydrogen-bond donors (Lipinski definition) is 5. The summed E-state index contributed by atoms with van der Waals surface area (Å²) in [6.07, 6.45) is 4.93. The van der Waals surface area contributed by atoms with E-state index in [1.807, 2.05) is 4.57 Å². The maximum absolute atomic E-state index is 11.8. The van der Waals surface area contributed by atoms with Gasteiger partial charge in [0, 0.05) is 37.0 Å². The average Bonchev–Trinajstić information content (AvgIpc) is 3.13. The van der Waals surface area contributed by atoms with Gasteiger partial charge in [0.05, 0.1) is 19.1 Å². The number of piperidine rings is 1. The molecule has 0 bridgehead atoms. The van der Waals surface area contributed by atoms with Gasteiger partial charge in [0.25, 0.3) is 5.56 Å². The van der Waals surface area contributed by atoms with Gasteiger partial charge in [0.1, 0.15) is 5.82 Å². The van der Waals surface area contributed by atoms with Gasteiger partial charge in [-0.2, -0.15) is 9.97 Å². The maximum atomic E-state index is 11.8. The van der Waals surface area contributed by atoms with Crippen LogP contribution in [0.4, 0.5) is 23.3 Å². The number of nitrogens with one attached hydrogen (secondary N) is 3. The molecule has 0 aromatic carbocycles. The molecular formula is C20H29N9O2. The number of likely N-dealkylation sites (tertiary alicyclic amines) is 1. The largest absolute Gasteiger partial charge is 0.395 e. The van der Waals surface area contributed by atoms with E-state index >= 15 is 0 Å². The number of aromatic nitrogens is 5. The van der Waals surface area contributed by atoms with Gasteiger partial charge in [-0.1, -0.05) is 0 Å². The summed E-state index contributed by atoms with van der Waals surface area (Å²) in [4.78, 5) is 30.5. The summed E-state index contributed by atoms with van der Waals surface area (Å²) < 4.78 is 1.98. The highest BCUT2D eigenvalue weighted by molar-refractivity contribution is 5.86. The van der Waals surface area contributed by atoms with Crippen molar-refractivity contribution in [1.29, 1.82) is 0 Å². The van der Waals surface area contributed by atoms with Crippen LogP contribution in [0.3, 0.4) is 0 Å². The molecule has 3 aromatic rings. The number of nitrogens with two attached hydrogens (primary N) is 1. The van der Waals surface area contributed by atoms with E-state index in [0.717, 1.165) is 25.8 Å². The predicted octanol–water partition coefficient (Wildman–Crippen LogP) is 1.64. The van der Waals surface area contributed by atoms with E-state index < -0.39 is 0 Å². The minimum atomic E-state index is -0.305. The molecular weight excluding hydrogens is 398 g/mol. The van der Waals surface area contributed by atoms with E-state index in [-0.39, 0.29) is 30.2 Å². The molecule has 11 heteroatoms. The molecule has 1 atom stereocenters. The molecule has 1 fully saturated rings. The van der Waals surface area contributed by atoms with Crippen molar-refractivity contribution in [1.82, 2.24) is 29.4 Å². The Labute approximate surface area is 179 Å². The normalized spacial score (nSPS) is 17.4. The smallest absolute Gasteiger partial charge is 0.251 e. The Kier molecular flexibility index (Phi) is 6.05. The van der Waals surface area contributed by atoms with Crippen molar-refractivity contribution in [3.63, 3.8) is 0 Å². The second-order valence-corrected chi connectivity index (χ2v) is 8.04. The Morgan fingerprint density at radius 2 is 2.16 bits per heavy atom. The van der Waals surface area contributed by atoms with Crippen molar-refractivity contribution in [2.45, 2.75) is 45.3 Å². The molecule has 6 N–H and O–H groups in total. The number of aliphatic hydroxyl groups is 1. The molecule has 0 radical (unpaired) electrons. The van der Waals surface area contributed by atoms with Crippen molar-refractivity contribution in [3.05, 3.63) is 28.8 Å². The first-order chi connectivity index (χ1) is 14.9. The van der Waals surface area contributed by atoms with Crippen LogP contribution >= 0.6 is 0 Å². The lowest BCUT2D eigenvalue weighted by molar-refractivity contribution is 0.130. The Balaban J connectivity index is 1.73. The summed E-state index contributed by atoms with van der Waals surface area (Å²) in [6.45, 7) is 5.74. The Hall–Kier alpha value is -3.18. The Morgan fingerprint density at radius 3 is 2.90 bits per heavy atom. The monoisotopic (exact) mass is 427 g/mol. The molecule has 1 aliphatic rings. The van der Waals surface area contributed by atoms with Gasteiger partial charge in [-0.3, -0.25) is 9.69 Å². The maximum Gasteiger partial charge on any atom is 0.251 e. The lowest BCUT2D eigenvalue weighted by Crippen LogP contribution is -2.46. The van der Waals surface area contributed by atoms with Crippen molar-refractivity contribution >= 4 is 34.4 Å². The number of anilines is 4. The zero-order chi connectivity index (χ0) is 22.0. The second-order valence-electron chi connectivity index (χ2n) is 8.04. The van der Waals surface area contributed by atoms with Gasteiger partial charge >= 0.3 is 0 Å². The summed E-state index contributed by atoms with van der Waals surface area (Å²) in [6, 6.07) is 3.21. The van der Waals surface area contributed by atoms with Crippen LogP contribution in [0.25, 0.3) is 11.2 Å². The number of fused-ring (bicyclic) bond motifs is 1. The zero-order valence-electron chi connectivity index (χ0n) is 17.8. The van der Waals surface area contributed by atoms with E-state index in [1.54, 1.807) is 12.4 Å². The van der Waals surface area contributed by atoms with E-state index in [0.29, 0.717) is 35.2 Å². The van der Waals surface area contributed by atoms with E-state index in [4.69, 9.17) is 10.7 Å². The molecule has 31 heavy (non-hydrogen) atoms. The van der Waals surface area contributed by atoms with E-state index in [1.165, 1.54) is 6.07 Å². The van der Waals surface area contributed by atoms with Crippen LogP contribution in [0.2, 0.25) is 0 Å². The summed E-state index contributed by atoms with van der Waals surface area (Å²) >= 11 is 0. The molecule has 4 rings (SSSR count). The fourth-order valence-electron chi connectivity index (χ4n) is 3.92. The number of β-amino-alcohol motifs (C(OH)–C–C–N with tert-alkyl or cyclic N) is 1. The minimum absolute atomic E-state index is 0.0387. The van der Waals surface area contributed by atoms with Crippen molar-refractivity contribution in [3.8, 4) is 0 Å². The molecule has 1 saturated heterocycles. The van der Waals surface area contributed by atoms with Gasteiger partial charge in [-0.05, 0) is 33.1 Å². The van der Waals surface area contributed by atoms with Crippen LogP contribution in [0.1, 0.15) is 39.2 Å². The molecule has 0 saturated carbocycles. The molecule has 0 amide bonds. The summed E-state index contributed by atoms with van der Waals surface area (Å²) in [5.41, 5.74) is 7.29. The number of aromatic amines is 1. The standard InChI is InChI=1S/C20H29N9O2/c1-12(2)29-11-22-17-18(23-13-9-14(21)24-16(31)10-13)26-20(27-19(17)29)25-15-5-3-4-6-28(15)7-8-30/h9-12,15,30H,3-8H2,1-2H3,(H5,21,23,24,25,26,27,31)/t15-/m1/s1. The lowest BCUT2D eigenvalue weighted by atomic mass is 10.1. The molecule has 3 aromatic heterocycles. The summed E-state index contributed by atoms with van der Waals surface area (Å²) in [7, 11) is 0. The quantitative estimate of drug-likeness (QED) is 0.379. The molecule has 1 aliphatic heterocycles. The fourth-order valence-corrected chi connectivity index (χ4v) is 3.92. The number of nitrogen functional groups attached to an aromatic ring is 1. The third-order valence-corrected chi connectivity index (χ3v) is 5.40. The van der Waals surface area contributed by atoms with E-state index in [2.05, 4.69) is 44.3 Å². The average molecular weight is 428 g/mol. The number of imidazole rings is 1. The van der Waals surface area contributed by atoms with Gasteiger partial charge < -0.3 is 31.0 Å². The Bertz CT molecular complexity index is 1110. The number of pyridine rings is 1. The lowest BCUT2D eigenvalue weighted by Gasteiger charge is -2.35. The van der Waals surface area contributed by atoms with Gasteiger partial charge in [-0.25, -0.2) is 4.98 Å². The van der Waals surface area contributed by atoms with Gasteiger partial charge in [0.2, 0.25) is 5.95 Å². The highest BCUT2D eigenvalue weighted by atomic mass is 16.3. The first-order valence-electron chi connectivity index (χ1n) is 10.6. The second kappa shape index (κ2) is 8.90. The molecule has 0 spiro atoms. The fraction of sp³-hybridized carbons (Fsp3) is 0.500. The third kappa shape index (κ3) is 4.62. The first-order valence-corrected chi connectivity index (χ1v) is 10.6. The predicted molar refractivity (Wildman–Crippen MR) is 120 cm³/mol. The third-order valence-electron chi connectivity index (χ3n) is 5.40. The zero-order valence-corrected chi connectivity index (χ0v) is 17.8. The molecule has 0 unspecified atom stereocenters. The highest BCUT2D eigenvalue weighted by Crippen LogP contribution is 2.27. The molecule has 4 heterocycles. The van der Waals surface area contributed by atoms with Crippen LogP contribution in [0.15, 0.2) is 23.3 Å². The highest BCUT2D eigenvalue weighted by Gasteiger charge is 2.24. The van der Waals surface area contributed by atoms with Crippen molar-refractivity contribution in [2.75, 3.05) is 36.1 Å². The van der Waals surface area contributed by atoms with Crippen molar-refractivity contribution in [2.24, 2.45) is 0 Å². The topological polar surface area (TPSA) is 150 Å². The van der Waals surface area contributed by atoms with Gasteiger partial charge in [-0.15, -0.1) is 0 Å². The Morgan fingerprint density at radius 1 is 1.32 bits per heavy atom. The number of H-pyrrole nitrogens is 1. The van der Waals surface area contributed by atoms with E-state index in [9.17, 15) is 9.90 Å². The number of aliphatic hydroxyl groups excluding tert-OH is 1. The minimum Gasteiger partial charge on any atom is -0.395 e. The summed E-state index contributed by atoms with van der Waals surface area (Å²) in [5.74, 6) is 1.21.